The molecule has 0 spiro atoms. The maximum Gasteiger partial charge on any atom is 0.303 e. The summed E-state index contributed by atoms with van der Waals surface area (Å²) in [5.74, 6) is -0.659. The van der Waals surface area contributed by atoms with Crippen LogP contribution >= 0.6 is 0 Å². The molecule has 1 radical (unpaired) electrons. The van der Waals surface area contributed by atoms with Crippen molar-refractivity contribution in [2.24, 2.45) is 0 Å². The molecule has 0 rings (SSSR count). The zero-order valence-electron chi connectivity index (χ0n) is 11.8. The largest absolute Gasteiger partial charge is 0.481 e. The zero-order chi connectivity index (χ0) is 13.4. The van der Waals surface area contributed by atoms with E-state index in [0.717, 1.165) is 12.8 Å². The van der Waals surface area contributed by atoms with Crippen LogP contribution in [0.3, 0.4) is 0 Å². The second kappa shape index (κ2) is 21.8. The van der Waals surface area contributed by atoms with Crippen molar-refractivity contribution in [2.45, 2.75) is 71.1 Å². The van der Waals surface area contributed by atoms with Gasteiger partial charge in [0.05, 0.1) is 0 Å². The first-order chi connectivity index (χ1) is 8.18. The Balaban J connectivity index is -0.000000507. The van der Waals surface area contributed by atoms with Gasteiger partial charge in [-0.2, -0.15) is 0 Å². The van der Waals surface area contributed by atoms with E-state index < -0.39 is 5.97 Å². The summed E-state index contributed by atoms with van der Waals surface area (Å²) in [6.45, 7) is 8.73. The van der Waals surface area contributed by atoms with E-state index in [1.54, 1.807) is 0 Å². The number of carbonyl (C=O) groups is 1. The molecule has 0 aliphatic rings. The topological polar surface area (TPSA) is 37.3 Å². The van der Waals surface area contributed by atoms with Gasteiger partial charge in [0.25, 0.3) is 0 Å². The molecular formula is C15H29MnO2-. The molecule has 0 aromatic heterocycles. The van der Waals surface area contributed by atoms with Gasteiger partial charge in [-0.1, -0.05) is 58.3 Å². The number of carboxylic acid groups (broad SMARTS) is 1. The minimum Gasteiger partial charge on any atom is -0.481 e. The van der Waals surface area contributed by atoms with Crippen LogP contribution in [0.15, 0.2) is 12.7 Å². The van der Waals surface area contributed by atoms with Crippen molar-refractivity contribution in [3.63, 3.8) is 0 Å². The zero-order valence-corrected chi connectivity index (χ0v) is 13.0. The molecule has 0 saturated heterocycles. The molecule has 2 nitrogen and oxygen atoms in total. The first-order valence-electron chi connectivity index (χ1n) is 6.80. The maximum atomic E-state index is 10.2. The molecule has 18 heavy (non-hydrogen) atoms. The van der Waals surface area contributed by atoms with Gasteiger partial charge in [0.1, 0.15) is 0 Å². The predicted octanol–water partition coefficient (Wildman–Crippen LogP) is 5.00. The average Bonchev–Trinajstić information content (AvgIpc) is 2.27. The first-order valence-corrected chi connectivity index (χ1v) is 6.80. The maximum absolute atomic E-state index is 10.2. The van der Waals surface area contributed by atoms with Crippen LogP contribution in [0, 0.1) is 6.92 Å². The number of rotatable bonds is 10. The second-order valence-corrected chi connectivity index (χ2v) is 4.26. The van der Waals surface area contributed by atoms with Gasteiger partial charge in [-0.05, 0) is 6.42 Å². The molecule has 0 unspecified atom stereocenters. The fourth-order valence-corrected chi connectivity index (χ4v) is 1.59. The third-order valence-corrected chi connectivity index (χ3v) is 2.49. The number of carboxylic acids is 1. The Morgan fingerprint density at radius 3 is 1.72 bits per heavy atom. The standard InChI is InChI=1S/C12H24O2.C3H5.Mn/c1-2-3-4-5-6-7-8-9-10-11-12(13)14;1-3-2;/h2-11H2,1H3,(H,13,14);3H,1-2H2;/q;-1;. The van der Waals surface area contributed by atoms with Gasteiger partial charge in [-0.3, -0.25) is 4.79 Å². The quantitative estimate of drug-likeness (QED) is 0.350. The second-order valence-electron chi connectivity index (χ2n) is 4.26. The van der Waals surface area contributed by atoms with E-state index >= 15 is 0 Å². The van der Waals surface area contributed by atoms with Gasteiger partial charge in [-0.15, -0.1) is 0 Å². The molecule has 0 atom stereocenters. The normalized spacial score (nSPS) is 8.72. The van der Waals surface area contributed by atoms with E-state index in [4.69, 9.17) is 5.11 Å². The summed E-state index contributed by atoms with van der Waals surface area (Å²) in [5.41, 5.74) is 0. The molecule has 0 saturated carbocycles. The number of unbranched alkanes of at least 4 members (excludes halogenated alkanes) is 8. The smallest absolute Gasteiger partial charge is 0.303 e. The summed E-state index contributed by atoms with van der Waals surface area (Å²) in [7, 11) is 0. The Labute approximate surface area is 124 Å². The van der Waals surface area contributed by atoms with Crippen LogP contribution in [0.1, 0.15) is 71.1 Å². The molecular weight excluding hydrogens is 267 g/mol. The summed E-state index contributed by atoms with van der Waals surface area (Å²) < 4.78 is 0. The Hall–Kier alpha value is -0.401. The molecule has 0 heterocycles. The average molecular weight is 296 g/mol. The monoisotopic (exact) mass is 296 g/mol. The number of aliphatic carboxylic acids is 1. The van der Waals surface area contributed by atoms with Crippen LogP contribution in [0.4, 0.5) is 0 Å². The Morgan fingerprint density at radius 2 is 1.39 bits per heavy atom. The summed E-state index contributed by atoms with van der Waals surface area (Å²) in [6.07, 6.45) is 13.0. The van der Waals surface area contributed by atoms with Crippen molar-refractivity contribution >= 4 is 5.97 Å². The van der Waals surface area contributed by atoms with Gasteiger partial charge in [-0.25, -0.2) is 19.6 Å². The Kier molecular flexibility index (Phi) is 27.6. The Morgan fingerprint density at radius 1 is 1.06 bits per heavy atom. The van der Waals surface area contributed by atoms with Crippen molar-refractivity contribution in [2.75, 3.05) is 0 Å². The minimum atomic E-state index is -0.659. The van der Waals surface area contributed by atoms with Gasteiger partial charge < -0.3 is 5.11 Å². The third-order valence-electron chi connectivity index (χ3n) is 2.49. The fraction of sp³-hybridized carbons (Fsp3) is 0.733. The van der Waals surface area contributed by atoms with Crippen LogP contribution in [-0.2, 0) is 21.9 Å². The van der Waals surface area contributed by atoms with Crippen molar-refractivity contribution in [1.82, 2.24) is 0 Å². The van der Waals surface area contributed by atoms with Crippen LogP contribution in [0.25, 0.3) is 0 Å². The van der Waals surface area contributed by atoms with Gasteiger partial charge >= 0.3 is 5.97 Å². The van der Waals surface area contributed by atoms with Crippen molar-refractivity contribution in [1.29, 1.82) is 0 Å². The van der Waals surface area contributed by atoms with E-state index in [2.05, 4.69) is 20.4 Å². The molecule has 0 aromatic rings. The summed E-state index contributed by atoms with van der Waals surface area (Å²) in [5, 5.41) is 8.41. The van der Waals surface area contributed by atoms with Gasteiger partial charge in [0.15, 0.2) is 0 Å². The summed E-state index contributed by atoms with van der Waals surface area (Å²) in [6, 6.07) is 0. The van der Waals surface area contributed by atoms with E-state index in [0.29, 0.717) is 6.42 Å². The van der Waals surface area contributed by atoms with Crippen molar-refractivity contribution in [3.8, 4) is 0 Å². The number of allylic oxidation sites excluding steroid dienone is 1. The molecule has 0 aromatic carbocycles. The molecule has 0 aliphatic heterocycles. The SMILES string of the molecule is C=C[CH2-].CCCCCCCCCCCC(=O)O.[Mn]. The van der Waals surface area contributed by atoms with Crippen molar-refractivity contribution in [3.05, 3.63) is 19.6 Å². The van der Waals surface area contributed by atoms with E-state index in [9.17, 15) is 4.79 Å². The van der Waals surface area contributed by atoms with E-state index in [1.807, 2.05) is 0 Å². The molecule has 3 heteroatoms. The van der Waals surface area contributed by atoms with E-state index in [1.165, 1.54) is 51.0 Å². The Bertz CT molecular complexity index is 170. The van der Waals surface area contributed by atoms with Crippen LogP contribution in [0.5, 0.6) is 0 Å². The number of hydrogen-bond donors (Lipinski definition) is 1. The molecule has 0 amide bonds. The number of hydrogen-bond acceptors (Lipinski definition) is 1. The van der Waals surface area contributed by atoms with Gasteiger partial charge in [0.2, 0.25) is 0 Å². The fourth-order valence-electron chi connectivity index (χ4n) is 1.59. The molecule has 0 aliphatic carbocycles. The van der Waals surface area contributed by atoms with Crippen LogP contribution in [0.2, 0.25) is 0 Å². The van der Waals surface area contributed by atoms with Crippen LogP contribution in [-0.4, -0.2) is 11.1 Å². The summed E-state index contributed by atoms with van der Waals surface area (Å²) in [4.78, 5) is 10.2. The summed E-state index contributed by atoms with van der Waals surface area (Å²) >= 11 is 0. The van der Waals surface area contributed by atoms with Gasteiger partial charge in [0, 0.05) is 23.5 Å². The predicted molar refractivity (Wildman–Crippen MR) is 75.0 cm³/mol. The molecule has 0 bridgehead atoms. The molecule has 109 valence electrons. The first kappa shape index (κ1) is 22.8. The molecule has 0 fully saturated rings. The molecule has 1 N–H and O–H groups in total. The van der Waals surface area contributed by atoms with Crippen LogP contribution < -0.4 is 0 Å². The minimum absolute atomic E-state index is 0. The third kappa shape index (κ3) is 29.6. The van der Waals surface area contributed by atoms with Crippen molar-refractivity contribution < 1.29 is 27.0 Å². The van der Waals surface area contributed by atoms with E-state index in [-0.39, 0.29) is 17.1 Å².